The molecule has 1 fully saturated rings. The third kappa shape index (κ3) is 3.53. The fourth-order valence-corrected chi connectivity index (χ4v) is 2.94. The van der Waals surface area contributed by atoms with Crippen LogP contribution < -0.4 is 10.9 Å². The van der Waals surface area contributed by atoms with E-state index in [1.807, 2.05) is 0 Å². The van der Waals surface area contributed by atoms with Gasteiger partial charge < -0.3 is 19.7 Å². The number of rotatable bonds is 2. The van der Waals surface area contributed by atoms with Crippen molar-refractivity contribution < 1.29 is 14.3 Å². The van der Waals surface area contributed by atoms with Gasteiger partial charge in [0.2, 0.25) is 0 Å². The number of benzene rings is 1. The number of amides is 2. The molecule has 6 nitrogen and oxygen atoms in total. The minimum absolute atomic E-state index is 0.147. The highest BCUT2D eigenvalue weighted by molar-refractivity contribution is 5.92. The van der Waals surface area contributed by atoms with Gasteiger partial charge in [-0.3, -0.25) is 0 Å². The number of nitrogens with one attached hydrogen (secondary N) is 1. The molecule has 0 spiro atoms. The maximum absolute atomic E-state index is 12.3. The van der Waals surface area contributed by atoms with Crippen LogP contribution in [0.15, 0.2) is 39.5 Å². The summed E-state index contributed by atoms with van der Waals surface area (Å²) in [6.45, 7) is 3.08. The van der Waals surface area contributed by atoms with Crippen LogP contribution in [0, 0.1) is 5.92 Å². The molecular weight excluding hydrogens is 296 g/mol. The molecule has 23 heavy (non-hydrogen) atoms. The van der Waals surface area contributed by atoms with Gasteiger partial charge in [-0.2, -0.15) is 0 Å². The van der Waals surface area contributed by atoms with E-state index in [-0.39, 0.29) is 18.1 Å². The van der Waals surface area contributed by atoms with Gasteiger partial charge in [0, 0.05) is 30.2 Å². The summed E-state index contributed by atoms with van der Waals surface area (Å²) < 4.78 is 5.07. The van der Waals surface area contributed by atoms with Crippen molar-refractivity contribution in [2.24, 2.45) is 5.92 Å². The van der Waals surface area contributed by atoms with Gasteiger partial charge >= 0.3 is 11.7 Å². The number of nitrogens with zero attached hydrogens (tertiary/aromatic N) is 1. The third-order valence-electron chi connectivity index (χ3n) is 4.38. The van der Waals surface area contributed by atoms with Crippen molar-refractivity contribution in [2.45, 2.75) is 25.9 Å². The first-order valence-corrected chi connectivity index (χ1v) is 7.81. The lowest BCUT2D eigenvalue weighted by molar-refractivity contribution is 0.0820. The van der Waals surface area contributed by atoms with E-state index in [9.17, 15) is 14.7 Å². The van der Waals surface area contributed by atoms with Crippen LogP contribution in [-0.2, 0) is 0 Å². The second-order valence-electron chi connectivity index (χ2n) is 6.00. The van der Waals surface area contributed by atoms with Crippen molar-refractivity contribution in [3.8, 4) is 0 Å². The number of carbonyl (C=O) groups excluding carboxylic acids is 1. The van der Waals surface area contributed by atoms with Crippen LogP contribution in [0.5, 0.6) is 0 Å². The van der Waals surface area contributed by atoms with Crippen molar-refractivity contribution >= 4 is 22.7 Å². The molecule has 6 heteroatoms. The quantitative estimate of drug-likeness (QED) is 0.834. The lowest BCUT2D eigenvalue weighted by Crippen LogP contribution is -2.42. The average Bonchev–Trinajstić information content (AvgIpc) is 2.55. The highest BCUT2D eigenvalue weighted by Crippen LogP contribution is 2.22. The van der Waals surface area contributed by atoms with Crippen LogP contribution in [0.4, 0.5) is 10.5 Å². The smallest absolute Gasteiger partial charge is 0.336 e. The number of urea groups is 1. The fourth-order valence-electron chi connectivity index (χ4n) is 2.94. The zero-order valence-electron chi connectivity index (χ0n) is 13.0. The minimum atomic E-state index is -0.393. The second kappa shape index (κ2) is 6.42. The summed E-state index contributed by atoms with van der Waals surface area (Å²) in [5, 5.41) is 13.2. The molecule has 2 heterocycles. The normalized spacial score (nSPS) is 17.2. The zero-order chi connectivity index (χ0) is 16.4. The maximum Gasteiger partial charge on any atom is 0.336 e. The summed E-state index contributed by atoms with van der Waals surface area (Å²) in [6, 6.07) is 8.04. The Morgan fingerprint density at radius 1 is 1.30 bits per heavy atom. The molecule has 3 rings (SSSR count). The first-order valence-electron chi connectivity index (χ1n) is 7.81. The van der Waals surface area contributed by atoms with Crippen molar-refractivity contribution in [1.29, 1.82) is 0 Å². The number of carbonyl (C=O) groups is 1. The molecule has 2 amide bonds. The molecule has 0 aliphatic carbocycles. The van der Waals surface area contributed by atoms with Gasteiger partial charge in [0.15, 0.2) is 0 Å². The Balaban J connectivity index is 1.66. The molecule has 0 saturated carbocycles. The van der Waals surface area contributed by atoms with Gasteiger partial charge in [0.25, 0.3) is 0 Å². The number of piperidine rings is 1. The van der Waals surface area contributed by atoms with Crippen molar-refractivity contribution in [3.05, 3.63) is 40.8 Å². The highest BCUT2D eigenvalue weighted by atomic mass is 16.4. The number of fused-ring (bicyclic) bond motifs is 1. The van der Waals surface area contributed by atoms with Crippen LogP contribution in [0.2, 0.25) is 0 Å². The Morgan fingerprint density at radius 2 is 2.04 bits per heavy atom. The van der Waals surface area contributed by atoms with Crippen LogP contribution in [0.3, 0.4) is 0 Å². The van der Waals surface area contributed by atoms with Gasteiger partial charge in [-0.25, -0.2) is 9.59 Å². The second-order valence-corrected chi connectivity index (χ2v) is 6.00. The van der Waals surface area contributed by atoms with Crippen LogP contribution in [0.1, 0.15) is 19.8 Å². The Bertz CT molecular complexity index is 761. The first kappa shape index (κ1) is 15.6. The van der Waals surface area contributed by atoms with Crippen molar-refractivity contribution in [1.82, 2.24) is 4.90 Å². The van der Waals surface area contributed by atoms with E-state index >= 15 is 0 Å². The van der Waals surface area contributed by atoms with E-state index in [2.05, 4.69) is 5.32 Å². The summed E-state index contributed by atoms with van der Waals surface area (Å²) in [6.07, 6.45) is 1.30. The van der Waals surface area contributed by atoms with E-state index < -0.39 is 5.63 Å². The lowest BCUT2D eigenvalue weighted by atomic mass is 9.92. The summed E-state index contributed by atoms with van der Waals surface area (Å²) in [5.41, 5.74) is 0.762. The molecule has 2 aromatic rings. The molecule has 0 bridgehead atoms. The monoisotopic (exact) mass is 316 g/mol. The van der Waals surface area contributed by atoms with E-state index in [1.165, 1.54) is 6.07 Å². The topological polar surface area (TPSA) is 82.8 Å². The number of anilines is 1. The SMILES string of the molecule is CC(O)C1CCN(C(=O)Nc2ccc3oc(=O)ccc3c2)CC1. The third-order valence-corrected chi connectivity index (χ3v) is 4.38. The van der Waals surface area contributed by atoms with Gasteiger partial charge in [-0.1, -0.05) is 0 Å². The number of aliphatic hydroxyl groups excluding tert-OH is 1. The summed E-state index contributed by atoms with van der Waals surface area (Å²) in [5.74, 6) is 0.266. The molecular formula is C17H20N2O4. The molecule has 1 aliphatic heterocycles. The lowest BCUT2D eigenvalue weighted by Gasteiger charge is -2.33. The summed E-state index contributed by atoms with van der Waals surface area (Å²) in [4.78, 5) is 25.2. The van der Waals surface area contributed by atoms with E-state index in [1.54, 1.807) is 36.1 Å². The molecule has 1 atom stereocenters. The fraction of sp³-hybridized carbons (Fsp3) is 0.412. The Kier molecular flexibility index (Phi) is 4.34. The largest absolute Gasteiger partial charge is 0.423 e. The number of aliphatic hydroxyl groups is 1. The zero-order valence-corrected chi connectivity index (χ0v) is 13.0. The van der Waals surface area contributed by atoms with Gasteiger partial charge in [0.05, 0.1) is 6.10 Å². The van der Waals surface area contributed by atoms with Crippen molar-refractivity contribution in [3.63, 3.8) is 0 Å². The molecule has 1 saturated heterocycles. The summed E-state index contributed by atoms with van der Waals surface area (Å²) >= 11 is 0. The summed E-state index contributed by atoms with van der Waals surface area (Å²) in [7, 11) is 0. The van der Waals surface area contributed by atoms with Gasteiger partial charge in [0.1, 0.15) is 5.58 Å². The maximum atomic E-state index is 12.3. The predicted octanol–water partition coefficient (Wildman–Crippen LogP) is 2.42. The molecule has 122 valence electrons. The number of likely N-dealkylation sites (tertiary alicyclic amines) is 1. The molecule has 1 aromatic carbocycles. The van der Waals surface area contributed by atoms with E-state index in [0.29, 0.717) is 24.4 Å². The van der Waals surface area contributed by atoms with Crippen LogP contribution >= 0.6 is 0 Å². The highest BCUT2D eigenvalue weighted by Gasteiger charge is 2.25. The molecule has 1 unspecified atom stereocenters. The van der Waals surface area contributed by atoms with Gasteiger partial charge in [-0.05, 0) is 49.9 Å². The first-order chi connectivity index (χ1) is 11.0. The van der Waals surface area contributed by atoms with Crippen LogP contribution in [-0.4, -0.2) is 35.2 Å². The van der Waals surface area contributed by atoms with Crippen LogP contribution in [0.25, 0.3) is 11.0 Å². The minimum Gasteiger partial charge on any atom is -0.423 e. The van der Waals surface area contributed by atoms with Crippen molar-refractivity contribution in [2.75, 3.05) is 18.4 Å². The van der Waals surface area contributed by atoms with E-state index in [4.69, 9.17) is 4.42 Å². The Morgan fingerprint density at radius 3 is 2.74 bits per heavy atom. The number of hydrogen-bond acceptors (Lipinski definition) is 4. The standard InChI is InChI=1S/C17H20N2O4/c1-11(20)12-6-8-19(9-7-12)17(22)18-14-3-4-15-13(10-14)2-5-16(21)23-15/h2-5,10-12,20H,6-9H2,1H3,(H,18,22). The van der Waals surface area contributed by atoms with Gasteiger partial charge in [-0.15, -0.1) is 0 Å². The molecule has 1 aromatic heterocycles. The average molecular weight is 316 g/mol. The predicted molar refractivity (Wildman–Crippen MR) is 87.5 cm³/mol. The Hall–Kier alpha value is -2.34. The Labute approximate surface area is 133 Å². The molecule has 1 aliphatic rings. The molecule has 0 radical (unpaired) electrons. The number of hydrogen-bond donors (Lipinski definition) is 2. The van der Waals surface area contributed by atoms with E-state index in [0.717, 1.165) is 18.2 Å². The molecule has 2 N–H and O–H groups in total.